The predicted molar refractivity (Wildman–Crippen MR) is 96.6 cm³/mol. The Morgan fingerprint density at radius 3 is 2.75 bits per heavy atom. The first-order valence-electron chi connectivity index (χ1n) is 8.06. The molecular formula is C17H20BrN3O3. The Labute approximate surface area is 148 Å². The third kappa shape index (κ3) is 3.79. The fourth-order valence-corrected chi connectivity index (χ4v) is 3.56. The molecule has 6 nitrogen and oxygen atoms in total. The smallest absolute Gasteiger partial charge is 0.407 e. The van der Waals surface area contributed by atoms with Crippen LogP contribution in [0.25, 0.3) is 10.9 Å². The number of halogens is 1. The molecule has 0 unspecified atom stereocenters. The van der Waals surface area contributed by atoms with E-state index in [0.717, 1.165) is 41.3 Å². The van der Waals surface area contributed by atoms with Gasteiger partial charge < -0.3 is 20.3 Å². The van der Waals surface area contributed by atoms with Gasteiger partial charge in [0, 0.05) is 28.1 Å². The zero-order valence-corrected chi connectivity index (χ0v) is 14.8. The Morgan fingerprint density at radius 2 is 2.04 bits per heavy atom. The van der Waals surface area contributed by atoms with E-state index in [-0.39, 0.29) is 11.6 Å². The van der Waals surface area contributed by atoms with Gasteiger partial charge in [-0.1, -0.05) is 22.0 Å². The van der Waals surface area contributed by atoms with Crippen LogP contribution in [0.3, 0.4) is 0 Å². The lowest BCUT2D eigenvalue weighted by molar-refractivity contribution is 0.114. The SMILES string of the molecule is O=C(O)N(CCc1cc2ccc(Br)cc2[nH]c1=O)C1CCNCC1. The van der Waals surface area contributed by atoms with Crippen LogP contribution in [0.4, 0.5) is 4.79 Å². The Balaban J connectivity index is 1.78. The number of carbonyl (C=O) groups is 1. The molecule has 7 heteroatoms. The van der Waals surface area contributed by atoms with E-state index in [1.54, 1.807) is 0 Å². The van der Waals surface area contributed by atoms with Gasteiger partial charge in [0.2, 0.25) is 0 Å². The number of nitrogens with one attached hydrogen (secondary N) is 2. The summed E-state index contributed by atoms with van der Waals surface area (Å²) in [6, 6.07) is 7.59. The molecule has 24 heavy (non-hydrogen) atoms. The minimum Gasteiger partial charge on any atom is -0.465 e. The topological polar surface area (TPSA) is 85.4 Å². The summed E-state index contributed by atoms with van der Waals surface area (Å²) < 4.78 is 0.904. The van der Waals surface area contributed by atoms with E-state index < -0.39 is 6.09 Å². The van der Waals surface area contributed by atoms with Crippen molar-refractivity contribution in [1.29, 1.82) is 0 Å². The molecule has 0 radical (unpaired) electrons. The first-order chi connectivity index (χ1) is 11.5. The summed E-state index contributed by atoms with van der Waals surface area (Å²) in [6.45, 7) is 2.00. The van der Waals surface area contributed by atoms with Gasteiger partial charge in [0.05, 0.1) is 0 Å². The molecule has 128 valence electrons. The number of piperidine rings is 1. The van der Waals surface area contributed by atoms with Gasteiger partial charge in [-0.05, 0) is 55.9 Å². The van der Waals surface area contributed by atoms with Crippen molar-refractivity contribution in [2.24, 2.45) is 0 Å². The van der Waals surface area contributed by atoms with Crippen molar-refractivity contribution in [2.75, 3.05) is 19.6 Å². The minimum atomic E-state index is -0.914. The minimum absolute atomic E-state index is 0.0271. The monoisotopic (exact) mass is 393 g/mol. The molecule has 0 saturated carbocycles. The van der Waals surface area contributed by atoms with Crippen molar-refractivity contribution < 1.29 is 9.90 Å². The summed E-state index contributed by atoms with van der Waals surface area (Å²) in [5.41, 5.74) is 1.23. The molecule has 1 aliphatic heterocycles. The maximum absolute atomic E-state index is 12.3. The van der Waals surface area contributed by atoms with Crippen LogP contribution in [-0.4, -0.2) is 46.8 Å². The van der Waals surface area contributed by atoms with Crippen molar-refractivity contribution in [1.82, 2.24) is 15.2 Å². The van der Waals surface area contributed by atoms with Crippen LogP contribution in [-0.2, 0) is 6.42 Å². The second-order valence-corrected chi connectivity index (χ2v) is 6.98. The number of benzene rings is 1. The normalized spacial score (nSPS) is 15.5. The molecule has 2 heterocycles. The number of aromatic amines is 1. The van der Waals surface area contributed by atoms with Gasteiger partial charge in [-0.25, -0.2) is 4.79 Å². The number of H-pyrrole nitrogens is 1. The zero-order valence-electron chi connectivity index (χ0n) is 13.2. The largest absolute Gasteiger partial charge is 0.465 e. The third-order valence-electron chi connectivity index (χ3n) is 4.50. The number of carboxylic acid groups (broad SMARTS) is 1. The van der Waals surface area contributed by atoms with Gasteiger partial charge >= 0.3 is 6.09 Å². The van der Waals surface area contributed by atoms with Gasteiger partial charge in [-0.15, -0.1) is 0 Å². The van der Waals surface area contributed by atoms with Gasteiger partial charge in [0.1, 0.15) is 0 Å². The lowest BCUT2D eigenvalue weighted by Crippen LogP contribution is -2.46. The molecule has 1 amide bonds. The van der Waals surface area contributed by atoms with Crippen LogP contribution in [0.1, 0.15) is 18.4 Å². The lowest BCUT2D eigenvalue weighted by atomic mass is 10.0. The van der Waals surface area contributed by atoms with Crippen LogP contribution in [0, 0.1) is 0 Å². The van der Waals surface area contributed by atoms with Crippen molar-refractivity contribution in [3.05, 3.63) is 44.7 Å². The number of fused-ring (bicyclic) bond motifs is 1. The molecular weight excluding hydrogens is 374 g/mol. The summed E-state index contributed by atoms with van der Waals surface area (Å²) >= 11 is 3.39. The Bertz CT molecular complexity index is 799. The highest BCUT2D eigenvalue weighted by Crippen LogP contribution is 2.18. The van der Waals surface area contributed by atoms with Crippen LogP contribution in [0.5, 0.6) is 0 Å². The molecule has 0 atom stereocenters. The van der Waals surface area contributed by atoms with Crippen molar-refractivity contribution in [3.63, 3.8) is 0 Å². The summed E-state index contributed by atoms with van der Waals surface area (Å²) in [5, 5.41) is 13.7. The molecule has 1 aliphatic rings. The molecule has 0 aliphatic carbocycles. The molecule has 3 rings (SSSR count). The third-order valence-corrected chi connectivity index (χ3v) is 5.00. The van der Waals surface area contributed by atoms with E-state index in [9.17, 15) is 14.7 Å². The lowest BCUT2D eigenvalue weighted by Gasteiger charge is -2.32. The number of aromatic nitrogens is 1. The van der Waals surface area contributed by atoms with E-state index >= 15 is 0 Å². The number of rotatable bonds is 4. The molecule has 0 spiro atoms. The molecule has 3 N–H and O–H groups in total. The molecule has 1 saturated heterocycles. The second-order valence-electron chi connectivity index (χ2n) is 6.06. The fourth-order valence-electron chi connectivity index (χ4n) is 3.20. The van der Waals surface area contributed by atoms with Crippen molar-refractivity contribution >= 4 is 32.9 Å². The first-order valence-corrected chi connectivity index (χ1v) is 8.85. The maximum atomic E-state index is 12.3. The van der Waals surface area contributed by atoms with Gasteiger partial charge in [-0.3, -0.25) is 4.79 Å². The fraction of sp³-hybridized carbons (Fsp3) is 0.412. The highest BCUT2D eigenvalue weighted by atomic mass is 79.9. The standard InChI is InChI=1S/C17H20BrN3O3/c18-13-2-1-11-9-12(16(22)20-15(11)10-13)5-8-21(17(23)24)14-3-6-19-7-4-14/h1-2,9-10,14,19H,3-8H2,(H,20,22)(H,23,24). The van der Waals surface area contributed by atoms with Gasteiger partial charge in [-0.2, -0.15) is 0 Å². The average molecular weight is 394 g/mol. The van der Waals surface area contributed by atoms with E-state index in [1.165, 1.54) is 4.90 Å². The van der Waals surface area contributed by atoms with Crippen molar-refractivity contribution in [3.8, 4) is 0 Å². The van der Waals surface area contributed by atoms with Crippen LogP contribution < -0.4 is 10.9 Å². The van der Waals surface area contributed by atoms with Crippen LogP contribution in [0.15, 0.2) is 33.5 Å². The predicted octanol–water partition coefficient (Wildman–Crippen LogP) is 2.57. The van der Waals surface area contributed by atoms with E-state index in [1.807, 2.05) is 24.3 Å². The molecule has 1 aromatic carbocycles. The molecule has 2 aromatic rings. The quantitative estimate of drug-likeness (QED) is 0.744. The molecule has 1 aromatic heterocycles. The average Bonchev–Trinajstić information content (AvgIpc) is 2.56. The Hall–Kier alpha value is -1.86. The number of nitrogens with zero attached hydrogens (tertiary/aromatic N) is 1. The van der Waals surface area contributed by atoms with E-state index in [4.69, 9.17) is 0 Å². The maximum Gasteiger partial charge on any atom is 0.407 e. The number of hydrogen-bond acceptors (Lipinski definition) is 3. The summed E-state index contributed by atoms with van der Waals surface area (Å²) in [6.07, 6.45) is 1.13. The number of hydrogen-bond donors (Lipinski definition) is 3. The highest BCUT2D eigenvalue weighted by Gasteiger charge is 2.24. The van der Waals surface area contributed by atoms with Crippen LogP contribution in [0.2, 0.25) is 0 Å². The van der Waals surface area contributed by atoms with E-state index in [0.29, 0.717) is 18.5 Å². The summed E-state index contributed by atoms with van der Waals surface area (Å²) in [5.74, 6) is 0. The van der Waals surface area contributed by atoms with Crippen LogP contribution >= 0.6 is 15.9 Å². The first kappa shape index (κ1) is 17.0. The van der Waals surface area contributed by atoms with Gasteiger partial charge in [0.25, 0.3) is 5.56 Å². The Morgan fingerprint density at radius 1 is 1.29 bits per heavy atom. The number of pyridine rings is 1. The summed E-state index contributed by atoms with van der Waals surface area (Å²) in [7, 11) is 0. The highest BCUT2D eigenvalue weighted by molar-refractivity contribution is 9.10. The molecule has 0 bridgehead atoms. The van der Waals surface area contributed by atoms with Crippen molar-refractivity contribution in [2.45, 2.75) is 25.3 Å². The second kappa shape index (κ2) is 7.36. The Kier molecular flexibility index (Phi) is 5.20. The van der Waals surface area contributed by atoms with E-state index in [2.05, 4.69) is 26.2 Å². The van der Waals surface area contributed by atoms with Gasteiger partial charge in [0.15, 0.2) is 0 Å². The molecule has 1 fully saturated rings. The summed E-state index contributed by atoms with van der Waals surface area (Å²) in [4.78, 5) is 28.2. The zero-order chi connectivity index (χ0) is 17.1. The number of amides is 1.